The summed E-state index contributed by atoms with van der Waals surface area (Å²) in [7, 11) is 10.9. The number of halogens is 1. The maximum absolute atomic E-state index is 10.2. The topological polar surface area (TPSA) is 180 Å². The fourth-order valence-corrected chi connectivity index (χ4v) is 3.38. The second kappa shape index (κ2) is 35.7. The van der Waals surface area contributed by atoms with Gasteiger partial charge in [0.1, 0.15) is 12.0 Å². The van der Waals surface area contributed by atoms with Crippen LogP contribution in [0.2, 0.25) is 0 Å². The Hall–Kier alpha value is -3.29. The molecule has 5 rings (SSSR count). The first-order valence-corrected chi connectivity index (χ1v) is 15.9. The molecule has 0 aliphatic carbocycles. The van der Waals surface area contributed by atoms with Gasteiger partial charge in [-0.3, -0.25) is 14.6 Å². The zero-order valence-electron chi connectivity index (χ0n) is 35.5. The zero-order chi connectivity index (χ0) is 38.6. The molecule has 0 bridgehead atoms. The predicted molar refractivity (Wildman–Crippen MR) is 210 cm³/mol. The Morgan fingerprint density at radius 1 is 0.906 bits per heavy atom. The minimum atomic E-state index is 0. The van der Waals surface area contributed by atoms with Crippen molar-refractivity contribution in [3.8, 4) is 0 Å². The van der Waals surface area contributed by atoms with Gasteiger partial charge in [-0.2, -0.15) is 6.42 Å². The zero-order valence-corrected chi connectivity index (χ0v) is 37.3. The molecule has 0 atom stereocenters. The third kappa shape index (κ3) is 30.8. The van der Waals surface area contributed by atoms with Gasteiger partial charge in [0.05, 0.1) is 35.6 Å². The van der Waals surface area contributed by atoms with Gasteiger partial charge in [-0.05, 0) is 40.2 Å². The summed E-state index contributed by atoms with van der Waals surface area (Å²) < 4.78 is 7.35. The molecule has 0 aromatic carbocycles. The van der Waals surface area contributed by atoms with Crippen LogP contribution in [-0.4, -0.2) is 87.5 Å². The van der Waals surface area contributed by atoms with Gasteiger partial charge >= 0.3 is 48.4 Å². The minimum Gasteiger partial charge on any atom is -1.00 e. The summed E-state index contributed by atoms with van der Waals surface area (Å²) in [6.45, 7) is 16.0. The predicted octanol–water partition coefficient (Wildman–Crippen LogP) is -0.775. The molecule has 18 heteroatoms. The van der Waals surface area contributed by atoms with Crippen LogP contribution in [0.3, 0.4) is 0 Å². The molecular formula is C35H61ClLiN12NaO3. The third-order valence-electron chi connectivity index (χ3n) is 5.83. The van der Waals surface area contributed by atoms with Crippen molar-refractivity contribution >= 4 is 37.5 Å². The number of hydrogen-bond acceptors (Lipinski definition) is 10. The number of amides is 1. The molecule has 5 heterocycles. The number of carbonyl (C=O) groups is 2. The molecule has 4 aromatic heterocycles. The van der Waals surface area contributed by atoms with E-state index in [9.17, 15) is 9.59 Å². The molecule has 288 valence electrons. The van der Waals surface area contributed by atoms with E-state index >= 15 is 0 Å². The van der Waals surface area contributed by atoms with Crippen molar-refractivity contribution in [3.05, 3.63) is 90.1 Å². The van der Waals surface area contributed by atoms with E-state index < -0.39 is 0 Å². The Labute approximate surface area is 358 Å². The van der Waals surface area contributed by atoms with Crippen LogP contribution in [0.15, 0.2) is 53.0 Å². The Balaban J connectivity index is -0.000000125. The SMILES string of the molecule is CC1=CN=CC1.CN(C)C=O.Cc1cn(C)c(/C=N/O)n1.Cc1cn(C)c(C=O)n1.Cc1cn(C)c(CN)n1.Cc1cn(C)cn1.Cl.[CH2-]CCC.[H-].[Li+].[Na+]. The average Bonchev–Trinajstić information content (AvgIpc) is 3.90. The van der Waals surface area contributed by atoms with Crippen molar-refractivity contribution in [1.29, 1.82) is 0 Å². The van der Waals surface area contributed by atoms with Crippen LogP contribution in [0.5, 0.6) is 0 Å². The largest absolute Gasteiger partial charge is 1.00 e. The summed E-state index contributed by atoms with van der Waals surface area (Å²) >= 11 is 0. The fraction of sp³-hybridized carbons (Fsp3) is 0.457. The van der Waals surface area contributed by atoms with Crippen LogP contribution in [0.25, 0.3) is 0 Å². The summed E-state index contributed by atoms with van der Waals surface area (Å²) in [6.07, 6.45) is 19.3. The van der Waals surface area contributed by atoms with E-state index in [1.807, 2.05) is 95.2 Å². The number of nitrogens with two attached hydrogens (primary N) is 1. The van der Waals surface area contributed by atoms with Crippen LogP contribution in [0.4, 0.5) is 0 Å². The van der Waals surface area contributed by atoms with E-state index in [2.05, 4.69) is 50.9 Å². The number of oxime groups is 1. The quantitative estimate of drug-likeness (QED) is 0.0665. The number of aldehydes is 1. The second-order valence-electron chi connectivity index (χ2n) is 11.3. The molecule has 1 amide bonds. The number of aryl methyl sites for hydroxylation is 8. The van der Waals surface area contributed by atoms with E-state index in [0.29, 0.717) is 18.2 Å². The van der Waals surface area contributed by atoms with Gasteiger partial charge in [-0.1, -0.05) is 18.5 Å². The van der Waals surface area contributed by atoms with Gasteiger partial charge in [0.2, 0.25) is 6.41 Å². The van der Waals surface area contributed by atoms with Gasteiger partial charge in [0, 0.05) is 85.9 Å². The van der Waals surface area contributed by atoms with Crippen LogP contribution < -0.4 is 54.2 Å². The van der Waals surface area contributed by atoms with E-state index in [1.165, 1.54) is 23.1 Å². The molecule has 4 aromatic rings. The standard InChI is InChI=1S/C6H9N3O.C6H11N3.C6H8N2O.C5H8N2.C5H7N.C4H9.C3H7NO.ClH.Li.Na.H/c1-5-4-9(2)6(8-5)3-7-10;1-5-4-9(2)6(3-7)8-5;1-5-3-8(2)6(4-9)7-5;1-5-3-7(2)4-6-5;1-5-2-3-6-4-5;1-3-4-2;1-4(2)3-5;;;;/h3-4,10H,1-2H3;4H,3,7H2,1-2H3;3-4H,1-2H3;3-4H,1-2H3;3-4H,2H2,1H3;1,3-4H2,2H3;3H,1-2H3;1H;;;/q;;;;;-1;;;2*+1;-1/b7-3+;;;;;;;;;;. The van der Waals surface area contributed by atoms with Crippen LogP contribution in [-0.2, 0) is 39.5 Å². The Bertz CT molecular complexity index is 1580. The first-order chi connectivity index (χ1) is 23.6. The number of allylic oxidation sites excluding steroid dienone is 1. The number of aliphatic imine (C=N–C) groups is 1. The molecule has 3 N–H and O–H groups in total. The summed E-state index contributed by atoms with van der Waals surface area (Å²) in [5, 5.41) is 11.0. The summed E-state index contributed by atoms with van der Waals surface area (Å²) in [5.41, 5.74) is 10.6. The smallest absolute Gasteiger partial charge is 1.00 e. The molecule has 0 radical (unpaired) electrons. The fourth-order valence-electron chi connectivity index (χ4n) is 3.38. The van der Waals surface area contributed by atoms with Crippen molar-refractivity contribution in [1.82, 2.24) is 43.1 Å². The van der Waals surface area contributed by atoms with Crippen LogP contribution in [0.1, 0.15) is 79.6 Å². The van der Waals surface area contributed by atoms with Gasteiger partial charge in [0.25, 0.3) is 0 Å². The van der Waals surface area contributed by atoms with Gasteiger partial charge in [-0.15, -0.1) is 12.4 Å². The van der Waals surface area contributed by atoms with Crippen molar-refractivity contribution < 1.29 is 64.6 Å². The van der Waals surface area contributed by atoms with Crippen LogP contribution in [0, 0.1) is 34.6 Å². The number of rotatable bonds is 5. The molecule has 53 heavy (non-hydrogen) atoms. The molecular weight excluding hydrogens is 702 g/mol. The molecule has 0 saturated carbocycles. The normalized spacial score (nSPS) is 9.96. The molecule has 1 aliphatic heterocycles. The first-order valence-electron chi connectivity index (χ1n) is 15.9. The monoisotopic (exact) mass is 762 g/mol. The number of carbonyl (C=O) groups excluding carboxylic acids is 2. The summed E-state index contributed by atoms with van der Waals surface area (Å²) in [5.74, 6) is 2.07. The van der Waals surface area contributed by atoms with Crippen LogP contribution >= 0.6 is 12.4 Å². The van der Waals surface area contributed by atoms with E-state index in [4.69, 9.17) is 10.9 Å². The Morgan fingerprint density at radius 3 is 1.55 bits per heavy atom. The summed E-state index contributed by atoms with van der Waals surface area (Å²) in [6, 6.07) is 0. The number of nitrogens with zero attached hydrogens (tertiary/aromatic N) is 11. The van der Waals surface area contributed by atoms with Crippen molar-refractivity contribution in [2.75, 3.05) is 14.1 Å². The molecule has 1 aliphatic rings. The minimum absolute atomic E-state index is 0. The number of imidazole rings is 4. The number of unbranched alkanes of at least 4 members (excludes halogenated alkanes) is 1. The Morgan fingerprint density at radius 2 is 1.38 bits per heavy atom. The van der Waals surface area contributed by atoms with Crippen molar-refractivity contribution in [2.24, 2.45) is 44.1 Å². The molecule has 0 saturated heterocycles. The van der Waals surface area contributed by atoms with Gasteiger partial charge in [0.15, 0.2) is 17.9 Å². The van der Waals surface area contributed by atoms with E-state index in [-0.39, 0.29) is 62.3 Å². The molecule has 0 fully saturated rings. The van der Waals surface area contributed by atoms with E-state index in [1.54, 1.807) is 36.6 Å². The maximum atomic E-state index is 10.2. The van der Waals surface area contributed by atoms with Gasteiger partial charge < -0.3 is 42.5 Å². The molecule has 0 spiro atoms. The second-order valence-corrected chi connectivity index (χ2v) is 11.3. The third-order valence-corrected chi connectivity index (χ3v) is 5.83. The van der Waals surface area contributed by atoms with Crippen molar-refractivity contribution in [2.45, 2.75) is 67.3 Å². The molecule has 0 unspecified atom stereocenters. The Kier molecular flexibility index (Phi) is 39.8. The average molecular weight is 763 g/mol. The maximum Gasteiger partial charge on any atom is 1.00 e. The first kappa shape index (κ1) is 59.0. The number of aromatic nitrogens is 8. The van der Waals surface area contributed by atoms with E-state index in [0.717, 1.165) is 54.1 Å². The molecule has 15 nitrogen and oxygen atoms in total. The van der Waals surface area contributed by atoms with Crippen molar-refractivity contribution in [3.63, 3.8) is 0 Å². The number of hydrogen-bond donors (Lipinski definition) is 2. The summed E-state index contributed by atoms with van der Waals surface area (Å²) in [4.78, 5) is 41.0. The van der Waals surface area contributed by atoms with Gasteiger partial charge in [-0.25, -0.2) is 19.9 Å².